The second-order valence-corrected chi connectivity index (χ2v) is 6.02. The van der Waals surface area contributed by atoms with E-state index in [1.165, 1.54) is 0 Å². The Hall–Kier alpha value is -1.88. The van der Waals surface area contributed by atoms with Crippen molar-refractivity contribution in [1.29, 1.82) is 0 Å². The van der Waals surface area contributed by atoms with Crippen LogP contribution in [0.15, 0.2) is 24.3 Å². The van der Waals surface area contributed by atoms with Crippen LogP contribution in [0.25, 0.3) is 0 Å². The average Bonchev–Trinajstić information content (AvgIpc) is 2.36. The minimum absolute atomic E-state index is 0.0266. The smallest absolute Gasteiger partial charge is 0.407 e. The number of aryl methyl sites for hydroxylation is 1. The van der Waals surface area contributed by atoms with Crippen LogP contribution in [-0.4, -0.2) is 35.2 Å². The highest BCUT2D eigenvalue weighted by Crippen LogP contribution is 2.10. The van der Waals surface area contributed by atoms with Gasteiger partial charge in [0, 0.05) is 12.0 Å². The van der Waals surface area contributed by atoms with Crippen LogP contribution in [-0.2, 0) is 4.74 Å². The number of ketones is 1. The van der Waals surface area contributed by atoms with Gasteiger partial charge in [0.05, 0.1) is 12.6 Å². The Balaban J connectivity index is 2.59. The lowest BCUT2D eigenvalue weighted by Gasteiger charge is -2.22. The average molecular weight is 293 g/mol. The van der Waals surface area contributed by atoms with Gasteiger partial charge in [-0.2, -0.15) is 0 Å². The van der Waals surface area contributed by atoms with Crippen LogP contribution in [0.4, 0.5) is 4.79 Å². The summed E-state index contributed by atoms with van der Waals surface area (Å²) in [4.78, 5) is 23.7. The van der Waals surface area contributed by atoms with Gasteiger partial charge in [-0.3, -0.25) is 4.79 Å². The molecule has 0 spiro atoms. The number of amides is 1. The van der Waals surface area contributed by atoms with Gasteiger partial charge in [-0.15, -0.1) is 0 Å². The Bertz CT molecular complexity index is 488. The van der Waals surface area contributed by atoms with Gasteiger partial charge in [0.2, 0.25) is 0 Å². The first kappa shape index (κ1) is 17.2. The number of carbonyl (C=O) groups is 2. The molecule has 0 fully saturated rings. The number of hydrogen-bond acceptors (Lipinski definition) is 4. The van der Waals surface area contributed by atoms with Crippen molar-refractivity contribution in [2.24, 2.45) is 0 Å². The molecule has 21 heavy (non-hydrogen) atoms. The Morgan fingerprint density at radius 2 is 1.81 bits per heavy atom. The van der Waals surface area contributed by atoms with Crippen LogP contribution in [0.5, 0.6) is 0 Å². The van der Waals surface area contributed by atoms with Gasteiger partial charge in [-0.1, -0.05) is 29.8 Å². The predicted octanol–water partition coefficient (Wildman–Crippen LogP) is 2.45. The number of ether oxygens (including phenoxy) is 1. The van der Waals surface area contributed by atoms with Crippen LogP contribution in [0.3, 0.4) is 0 Å². The fourth-order valence-electron chi connectivity index (χ4n) is 1.72. The number of rotatable bonds is 5. The molecule has 1 amide bonds. The third-order valence-corrected chi connectivity index (χ3v) is 2.75. The Morgan fingerprint density at radius 3 is 2.29 bits per heavy atom. The van der Waals surface area contributed by atoms with Crippen LogP contribution in [0, 0.1) is 6.92 Å². The Labute approximate surface area is 125 Å². The second-order valence-electron chi connectivity index (χ2n) is 6.02. The monoisotopic (exact) mass is 293 g/mol. The fraction of sp³-hybridized carbons (Fsp3) is 0.500. The molecule has 0 aromatic heterocycles. The molecular formula is C16H23NO4. The zero-order valence-electron chi connectivity index (χ0n) is 13.0. The summed E-state index contributed by atoms with van der Waals surface area (Å²) in [5.74, 6) is -0.134. The van der Waals surface area contributed by atoms with Gasteiger partial charge in [-0.25, -0.2) is 4.79 Å². The summed E-state index contributed by atoms with van der Waals surface area (Å²) in [5, 5.41) is 11.8. The standard InChI is InChI=1S/C16H23NO4/c1-11-5-7-12(8-6-11)14(19)9-13(10-18)17-15(20)21-16(2,3)4/h5-8,13,18H,9-10H2,1-4H3,(H,17,20)/t13-/m1/s1. The van der Waals surface area contributed by atoms with Gasteiger partial charge in [0.25, 0.3) is 0 Å². The van der Waals surface area contributed by atoms with Gasteiger partial charge in [0.1, 0.15) is 5.60 Å². The topological polar surface area (TPSA) is 75.6 Å². The largest absolute Gasteiger partial charge is 0.444 e. The van der Waals surface area contributed by atoms with E-state index in [-0.39, 0.29) is 18.8 Å². The molecule has 1 aromatic carbocycles. The van der Waals surface area contributed by atoms with E-state index in [2.05, 4.69) is 5.32 Å². The van der Waals surface area contributed by atoms with Crippen LogP contribution in [0.1, 0.15) is 43.1 Å². The maximum Gasteiger partial charge on any atom is 0.407 e. The van der Waals surface area contributed by atoms with Crippen molar-refractivity contribution in [3.63, 3.8) is 0 Å². The normalized spacial score (nSPS) is 12.6. The molecule has 2 N–H and O–H groups in total. The molecule has 0 aliphatic heterocycles. The van der Waals surface area contributed by atoms with Crippen LogP contribution in [0.2, 0.25) is 0 Å². The first-order valence-corrected chi connectivity index (χ1v) is 6.91. The lowest BCUT2D eigenvalue weighted by atomic mass is 10.0. The van der Waals surface area contributed by atoms with E-state index >= 15 is 0 Å². The molecule has 0 saturated heterocycles. The molecule has 5 heteroatoms. The number of benzene rings is 1. The predicted molar refractivity (Wildman–Crippen MR) is 80.4 cm³/mol. The van der Waals surface area contributed by atoms with Crippen molar-refractivity contribution in [1.82, 2.24) is 5.32 Å². The van der Waals surface area contributed by atoms with Crippen molar-refractivity contribution >= 4 is 11.9 Å². The molecule has 0 bridgehead atoms. The highest BCUT2D eigenvalue weighted by molar-refractivity contribution is 5.96. The summed E-state index contributed by atoms with van der Waals surface area (Å²) < 4.78 is 5.10. The summed E-state index contributed by atoms with van der Waals surface area (Å²) in [6.45, 7) is 6.86. The number of carbonyl (C=O) groups excluding carboxylic acids is 2. The molecule has 1 aromatic rings. The summed E-state index contributed by atoms with van der Waals surface area (Å²) in [7, 11) is 0. The number of aliphatic hydroxyl groups excluding tert-OH is 1. The summed E-state index contributed by atoms with van der Waals surface area (Å²) in [6, 6.07) is 6.51. The third-order valence-electron chi connectivity index (χ3n) is 2.75. The SMILES string of the molecule is Cc1ccc(C(=O)C[C@H](CO)NC(=O)OC(C)(C)C)cc1. The Kier molecular flexibility index (Phi) is 5.90. The molecule has 0 heterocycles. The molecule has 5 nitrogen and oxygen atoms in total. The third kappa shape index (κ3) is 6.40. The van der Waals surface area contributed by atoms with Crippen molar-refractivity contribution in [3.05, 3.63) is 35.4 Å². The van der Waals surface area contributed by atoms with Crippen LogP contribution < -0.4 is 5.32 Å². The molecule has 0 aliphatic rings. The van der Waals surface area contributed by atoms with E-state index in [1.807, 2.05) is 19.1 Å². The summed E-state index contributed by atoms with van der Waals surface area (Å²) >= 11 is 0. The number of aliphatic hydroxyl groups is 1. The number of alkyl carbamates (subject to hydrolysis) is 1. The first-order chi connectivity index (χ1) is 9.71. The number of Topliss-reactive ketones (excluding diaryl/α,β-unsaturated/α-hetero) is 1. The fourth-order valence-corrected chi connectivity index (χ4v) is 1.72. The Morgan fingerprint density at radius 1 is 1.24 bits per heavy atom. The lowest BCUT2D eigenvalue weighted by Crippen LogP contribution is -2.42. The van der Waals surface area contributed by atoms with Gasteiger partial charge < -0.3 is 15.2 Å². The van der Waals surface area contributed by atoms with E-state index in [0.29, 0.717) is 5.56 Å². The zero-order chi connectivity index (χ0) is 16.0. The van der Waals surface area contributed by atoms with E-state index in [4.69, 9.17) is 4.74 Å². The van der Waals surface area contributed by atoms with Crippen molar-refractivity contribution in [3.8, 4) is 0 Å². The van der Waals surface area contributed by atoms with E-state index in [0.717, 1.165) is 5.56 Å². The molecule has 0 radical (unpaired) electrons. The highest BCUT2D eigenvalue weighted by Gasteiger charge is 2.21. The minimum atomic E-state index is -0.659. The van der Waals surface area contributed by atoms with Crippen molar-refractivity contribution in [2.75, 3.05) is 6.61 Å². The maximum atomic E-state index is 12.1. The second kappa shape index (κ2) is 7.22. The minimum Gasteiger partial charge on any atom is -0.444 e. The molecular weight excluding hydrogens is 270 g/mol. The van der Waals surface area contributed by atoms with E-state index in [9.17, 15) is 14.7 Å². The summed E-state index contributed by atoms with van der Waals surface area (Å²) in [6.07, 6.45) is -0.614. The zero-order valence-corrected chi connectivity index (χ0v) is 13.0. The molecule has 116 valence electrons. The van der Waals surface area contributed by atoms with Crippen molar-refractivity contribution in [2.45, 2.75) is 45.8 Å². The molecule has 0 aliphatic carbocycles. The van der Waals surface area contributed by atoms with E-state index in [1.54, 1.807) is 32.9 Å². The first-order valence-electron chi connectivity index (χ1n) is 6.91. The molecule has 1 rings (SSSR count). The van der Waals surface area contributed by atoms with Crippen molar-refractivity contribution < 1.29 is 19.4 Å². The van der Waals surface area contributed by atoms with Gasteiger partial charge in [-0.05, 0) is 27.7 Å². The van der Waals surface area contributed by atoms with Gasteiger partial charge in [0.15, 0.2) is 5.78 Å². The van der Waals surface area contributed by atoms with E-state index < -0.39 is 17.7 Å². The van der Waals surface area contributed by atoms with Crippen LogP contribution >= 0.6 is 0 Å². The summed E-state index contributed by atoms with van der Waals surface area (Å²) in [5.41, 5.74) is 1.01. The lowest BCUT2D eigenvalue weighted by molar-refractivity contribution is 0.0479. The molecule has 1 atom stereocenters. The number of nitrogens with one attached hydrogen (secondary N) is 1. The van der Waals surface area contributed by atoms with Gasteiger partial charge >= 0.3 is 6.09 Å². The molecule has 0 unspecified atom stereocenters. The highest BCUT2D eigenvalue weighted by atomic mass is 16.6. The number of hydrogen-bond donors (Lipinski definition) is 2. The quantitative estimate of drug-likeness (QED) is 0.818. The molecule has 0 saturated carbocycles. The maximum absolute atomic E-state index is 12.1.